The van der Waals surface area contributed by atoms with E-state index in [0.717, 1.165) is 12.8 Å². The second kappa shape index (κ2) is 7.51. The third-order valence-electron chi connectivity index (χ3n) is 1.79. The van der Waals surface area contributed by atoms with Crippen LogP contribution in [0, 0.1) is 11.3 Å². The fourth-order valence-electron chi connectivity index (χ4n) is 0.988. The lowest BCUT2D eigenvalue weighted by Crippen LogP contribution is -2.18. The first kappa shape index (κ1) is 13.1. The molecular formula is C9H15NO3S. The number of unbranched alkanes of at least 4 members (excludes halogenated alkanes) is 2. The number of carboxylic acid groups (broad SMARTS) is 1. The molecule has 0 rings (SSSR count). The topological polar surface area (TPSA) is 78.2 Å². The molecule has 0 saturated heterocycles. The van der Waals surface area contributed by atoms with Crippen LogP contribution in [0.15, 0.2) is 0 Å². The van der Waals surface area contributed by atoms with Crippen molar-refractivity contribution in [3.63, 3.8) is 0 Å². The highest BCUT2D eigenvalue weighted by Gasteiger charge is 2.13. The van der Waals surface area contributed by atoms with Crippen LogP contribution in [0.4, 0.5) is 0 Å². The zero-order valence-corrected chi connectivity index (χ0v) is 9.05. The van der Waals surface area contributed by atoms with E-state index >= 15 is 0 Å². The smallest absolute Gasteiger partial charge is 0.304 e. The van der Waals surface area contributed by atoms with Gasteiger partial charge < -0.3 is 5.11 Å². The number of nitrogens with zero attached hydrogens (tertiary/aromatic N) is 1. The molecule has 0 heterocycles. The maximum atomic E-state index is 11.4. The lowest BCUT2D eigenvalue weighted by atomic mass is 10.3. The van der Waals surface area contributed by atoms with E-state index in [4.69, 9.17) is 10.4 Å². The van der Waals surface area contributed by atoms with E-state index < -0.39 is 16.8 Å². The molecule has 0 aliphatic carbocycles. The molecule has 5 heteroatoms. The number of carbonyl (C=O) groups is 1. The zero-order valence-electron chi connectivity index (χ0n) is 8.23. The minimum absolute atomic E-state index is 0.0507. The quantitative estimate of drug-likeness (QED) is 0.652. The summed E-state index contributed by atoms with van der Waals surface area (Å²) in [5, 5.41) is 16.4. The predicted octanol–water partition coefficient (Wildman–Crippen LogP) is 1.29. The van der Waals surface area contributed by atoms with Crippen LogP contribution in [0.3, 0.4) is 0 Å². The summed E-state index contributed by atoms with van der Waals surface area (Å²) in [5.74, 6) is -0.418. The average Bonchev–Trinajstić information content (AvgIpc) is 2.11. The summed E-state index contributed by atoms with van der Waals surface area (Å²) in [5.41, 5.74) is 0. The molecule has 0 radical (unpaired) electrons. The largest absolute Gasteiger partial charge is 0.481 e. The number of rotatable bonds is 7. The van der Waals surface area contributed by atoms with Gasteiger partial charge in [0.2, 0.25) is 0 Å². The van der Waals surface area contributed by atoms with Gasteiger partial charge in [-0.05, 0) is 12.8 Å². The third kappa shape index (κ3) is 6.61. The monoisotopic (exact) mass is 217 g/mol. The molecule has 0 amide bonds. The fraction of sp³-hybridized carbons (Fsp3) is 0.778. The highest BCUT2D eigenvalue weighted by molar-refractivity contribution is 7.85. The second-order valence-corrected chi connectivity index (χ2v) is 5.08. The molecule has 1 N–H and O–H groups in total. The van der Waals surface area contributed by atoms with Crippen LogP contribution in [-0.4, -0.2) is 26.3 Å². The zero-order chi connectivity index (χ0) is 11.0. The standard InChI is InChI=1S/C9H15NO3S/c1-8(7-9(11)12)14(13)6-4-2-3-5-10/h8H,2-4,6-7H2,1H3,(H,11,12). The molecule has 80 valence electrons. The van der Waals surface area contributed by atoms with Crippen molar-refractivity contribution in [1.82, 2.24) is 0 Å². The first-order chi connectivity index (χ1) is 6.57. The molecule has 2 unspecified atom stereocenters. The maximum absolute atomic E-state index is 11.4. The minimum Gasteiger partial charge on any atom is -0.481 e. The summed E-state index contributed by atoms with van der Waals surface area (Å²) >= 11 is 0. The number of aliphatic carboxylic acids is 1. The summed E-state index contributed by atoms with van der Waals surface area (Å²) in [7, 11) is -1.08. The summed E-state index contributed by atoms with van der Waals surface area (Å²) < 4.78 is 11.4. The van der Waals surface area contributed by atoms with Gasteiger partial charge in [-0.2, -0.15) is 5.26 Å². The second-order valence-electron chi connectivity index (χ2n) is 3.11. The molecule has 14 heavy (non-hydrogen) atoms. The van der Waals surface area contributed by atoms with Gasteiger partial charge in [-0.15, -0.1) is 0 Å². The number of hydrogen-bond donors (Lipinski definition) is 1. The molecule has 0 saturated carbocycles. The first-order valence-electron chi connectivity index (χ1n) is 4.54. The Hall–Kier alpha value is -0.890. The predicted molar refractivity (Wildman–Crippen MR) is 54.2 cm³/mol. The van der Waals surface area contributed by atoms with Gasteiger partial charge >= 0.3 is 5.97 Å². The Kier molecular flexibility index (Phi) is 7.03. The van der Waals surface area contributed by atoms with Gasteiger partial charge in [0.15, 0.2) is 0 Å². The Balaban J connectivity index is 3.63. The van der Waals surface area contributed by atoms with Crippen molar-refractivity contribution < 1.29 is 14.1 Å². The van der Waals surface area contributed by atoms with Crippen LogP contribution >= 0.6 is 0 Å². The number of nitriles is 1. The van der Waals surface area contributed by atoms with E-state index in [1.54, 1.807) is 6.92 Å². The van der Waals surface area contributed by atoms with Crippen molar-refractivity contribution in [3.05, 3.63) is 0 Å². The third-order valence-corrected chi connectivity index (χ3v) is 3.55. The molecule has 0 aliphatic rings. The molecule has 0 aromatic rings. The van der Waals surface area contributed by atoms with E-state index in [0.29, 0.717) is 12.2 Å². The number of hydrogen-bond acceptors (Lipinski definition) is 3. The van der Waals surface area contributed by atoms with E-state index in [-0.39, 0.29) is 11.7 Å². The van der Waals surface area contributed by atoms with Crippen LogP contribution in [0.1, 0.15) is 32.6 Å². The molecular weight excluding hydrogens is 202 g/mol. The lowest BCUT2D eigenvalue weighted by molar-refractivity contribution is -0.136. The van der Waals surface area contributed by atoms with Crippen LogP contribution in [-0.2, 0) is 15.6 Å². The van der Waals surface area contributed by atoms with Crippen molar-refractivity contribution in [3.8, 4) is 6.07 Å². The highest BCUT2D eigenvalue weighted by Crippen LogP contribution is 2.05. The highest BCUT2D eigenvalue weighted by atomic mass is 32.2. The first-order valence-corrected chi connectivity index (χ1v) is 5.92. The Morgan fingerprint density at radius 2 is 2.21 bits per heavy atom. The van der Waals surface area contributed by atoms with E-state index in [1.165, 1.54) is 0 Å². The fourth-order valence-corrected chi connectivity index (χ4v) is 2.21. The molecule has 0 bridgehead atoms. The van der Waals surface area contributed by atoms with Gasteiger partial charge in [0.1, 0.15) is 0 Å². The van der Waals surface area contributed by atoms with Crippen LogP contribution in [0.5, 0.6) is 0 Å². The minimum atomic E-state index is -1.08. The molecule has 0 aliphatic heterocycles. The van der Waals surface area contributed by atoms with Crippen LogP contribution < -0.4 is 0 Å². The average molecular weight is 217 g/mol. The molecule has 4 nitrogen and oxygen atoms in total. The van der Waals surface area contributed by atoms with Crippen molar-refractivity contribution >= 4 is 16.8 Å². The summed E-state index contributed by atoms with van der Waals surface area (Å²) in [6.07, 6.45) is 1.89. The molecule has 0 spiro atoms. The molecule has 0 aromatic carbocycles. The van der Waals surface area contributed by atoms with Crippen molar-refractivity contribution in [2.45, 2.75) is 37.9 Å². The van der Waals surface area contributed by atoms with Gasteiger partial charge in [0.25, 0.3) is 0 Å². The Labute approximate surface area is 86.4 Å². The summed E-state index contributed by atoms with van der Waals surface area (Å²) in [4.78, 5) is 10.3. The van der Waals surface area contributed by atoms with Crippen LogP contribution in [0.2, 0.25) is 0 Å². The van der Waals surface area contributed by atoms with E-state index in [2.05, 4.69) is 0 Å². The number of carboxylic acids is 1. The Morgan fingerprint density at radius 3 is 2.71 bits per heavy atom. The van der Waals surface area contributed by atoms with Gasteiger partial charge in [0, 0.05) is 28.2 Å². The molecule has 0 aromatic heterocycles. The van der Waals surface area contributed by atoms with E-state index in [1.807, 2.05) is 6.07 Å². The van der Waals surface area contributed by atoms with Crippen LogP contribution in [0.25, 0.3) is 0 Å². The van der Waals surface area contributed by atoms with Gasteiger partial charge in [0.05, 0.1) is 12.5 Å². The summed E-state index contributed by atoms with van der Waals surface area (Å²) in [6, 6.07) is 2.01. The van der Waals surface area contributed by atoms with Gasteiger partial charge in [-0.1, -0.05) is 6.92 Å². The summed E-state index contributed by atoms with van der Waals surface area (Å²) in [6.45, 7) is 1.68. The van der Waals surface area contributed by atoms with Crippen molar-refractivity contribution in [1.29, 1.82) is 5.26 Å². The lowest BCUT2D eigenvalue weighted by Gasteiger charge is -2.07. The molecule has 2 atom stereocenters. The van der Waals surface area contributed by atoms with E-state index in [9.17, 15) is 9.00 Å². The normalized spacial score (nSPS) is 14.3. The van der Waals surface area contributed by atoms with Crippen molar-refractivity contribution in [2.75, 3.05) is 5.75 Å². The Bertz CT molecular complexity index is 247. The maximum Gasteiger partial charge on any atom is 0.304 e. The SMILES string of the molecule is CC(CC(=O)O)S(=O)CCCCC#N. The van der Waals surface area contributed by atoms with Gasteiger partial charge in [-0.25, -0.2) is 0 Å². The van der Waals surface area contributed by atoms with Crippen molar-refractivity contribution in [2.24, 2.45) is 0 Å². The Morgan fingerprint density at radius 1 is 1.57 bits per heavy atom. The molecule has 0 fully saturated rings. The van der Waals surface area contributed by atoms with Gasteiger partial charge in [-0.3, -0.25) is 9.00 Å².